The summed E-state index contributed by atoms with van der Waals surface area (Å²) in [5, 5.41) is 2.67. The molecule has 0 aromatic heterocycles. The summed E-state index contributed by atoms with van der Waals surface area (Å²) in [5.41, 5.74) is -0.203. The zero-order valence-electron chi connectivity index (χ0n) is 9.88. The van der Waals surface area contributed by atoms with Crippen molar-refractivity contribution in [2.45, 2.75) is 52.4 Å². The number of hydrogen-bond acceptors (Lipinski definition) is 3. The third-order valence-corrected chi connectivity index (χ3v) is 1.77. The van der Waals surface area contributed by atoms with Gasteiger partial charge in [0.25, 0.3) is 0 Å². The smallest absolute Gasteiger partial charge is 0.407 e. The third kappa shape index (κ3) is 5.80. The van der Waals surface area contributed by atoms with E-state index in [0.717, 1.165) is 0 Å². The zero-order chi connectivity index (χ0) is 11.4. The summed E-state index contributed by atoms with van der Waals surface area (Å²) >= 11 is 0. The molecule has 14 heavy (non-hydrogen) atoms. The standard InChI is InChI=1S/C10H21NO3/c1-7(11-9(12)13-6)8(2)14-10(3,4)5/h7-8H,1-6H3,(H,11,12)/t7-,8+/m0/s1. The molecule has 0 bridgehead atoms. The fourth-order valence-corrected chi connectivity index (χ4v) is 1.02. The van der Waals surface area contributed by atoms with Gasteiger partial charge in [0.15, 0.2) is 0 Å². The van der Waals surface area contributed by atoms with E-state index in [9.17, 15) is 4.79 Å². The number of amides is 1. The lowest BCUT2D eigenvalue weighted by molar-refractivity contribution is -0.0630. The maximum absolute atomic E-state index is 10.9. The van der Waals surface area contributed by atoms with Crippen LogP contribution in [-0.4, -0.2) is 30.9 Å². The molecular weight excluding hydrogens is 182 g/mol. The van der Waals surface area contributed by atoms with E-state index in [-0.39, 0.29) is 17.7 Å². The van der Waals surface area contributed by atoms with Gasteiger partial charge in [-0.1, -0.05) is 0 Å². The van der Waals surface area contributed by atoms with Crippen molar-refractivity contribution < 1.29 is 14.3 Å². The van der Waals surface area contributed by atoms with Gasteiger partial charge in [0, 0.05) is 0 Å². The molecule has 0 aliphatic rings. The van der Waals surface area contributed by atoms with Crippen molar-refractivity contribution in [1.29, 1.82) is 0 Å². The van der Waals surface area contributed by atoms with Gasteiger partial charge < -0.3 is 14.8 Å². The summed E-state index contributed by atoms with van der Waals surface area (Å²) in [6, 6.07) is -0.0679. The number of methoxy groups -OCH3 is 1. The minimum atomic E-state index is -0.429. The molecule has 4 heteroatoms. The molecule has 0 aliphatic carbocycles. The van der Waals surface area contributed by atoms with Crippen LogP contribution in [0.2, 0.25) is 0 Å². The van der Waals surface area contributed by atoms with Crippen LogP contribution in [0.4, 0.5) is 4.79 Å². The van der Waals surface area contributed by atoms with E-state index in [1.165, 1.54) is 7.11 Å². The van der Waals surface area contributed by atoms with E-state index in [4.69, 9.17) is 4.74 Å². The van der Waals surface area contributed by atoms with Crippen LogP contribution in [0.3, 0.4) is 0 Å². The van der Waals surface area contributed by atoms with Crippen LogP contribution in [0.5, 0.6) is 0 Å². The molecule has 2 atom stereocenters. The second-order valence-electron chi connectivity index (χ2n) is 4.36. The molecular formula is C10H21NO3. The van der Waals surface area contributed by atoms with Crippen LogP contribution in [0, 0.1) is 0 Å². The Labute approximate surface area is 86.0 Å². The summed E-state index contributed by atoms with van der Waals surface area (Å²) in [6.45, 7) is 9.75. The fourth-order valence-electron chi connectivity index (χ4n) is 1.02. The molecule has 0 aromatic rings. The Morgan fingerprint density at radius 2 is 1.79 bits per heavy atom. The molecule has 0 heterocycles. The van der Waals surface area contributed by atoms with Gasteiger partial charge in [-0.3, -0.25) is 0 Å². The van der Waals surface area contributed by atoms with Gasteiger partial charge in [0.2, 0.25) is 0 Å². The van der Waals surface area contributed by atoms with Crippen molar-refractivity contribution in [2.75, 3.05) is 7.11 Å². The van der Waals surface area contributed by atoms with Gasteiger partial charge in [0.05, 0.1) is 24.9 Å². The number of hydrogen-bond donors (Lipinski definition) is 1. The first kappa shape index (κ1) is 13.2. The molecule has 1 N–H and O–H groups in total. The van der Waals surface area contributed by atoms with Crippen LogP contribution in [-0.2, 0) is 9.47 Å². The fraction of sp³-hybridized carbons (Fsp3) is 0.900. The Morgan fingerprint density at radius 3 is 2.14 bits per heavy atom. The number of carbonyl (C=O) groups excluding carboxylic acids is 1. The summed E-state index contributed by atoms with van der Waals surface area (Å²) in [5.74, 6) is 0. The Hall–Kier alpha value is -0.770. The van der Waals surface area contributed by atoms with E-state index in [2.05, 4.69) is 10.1 Å². The van der Waals surface area contributed by atoms with E-state index in [1.54, 1.807) is 0 Å². The number of rotatable bonds is 3. The van der Waals surface area contributed by atoms with Crippen molar-refractivity contribution in [3.63, 3.8) is 0 Å². The molecule has 0 radical (unpaired) electrons. The maximum atomic E-state index is 10.9. The summed E-state index contributed by atoms with van der Waals surface area (Å²) in [6.07, 6.45) is -0.476. The number of carbonyl (C=O) groups is 1. The first-order chi connectivity index (χ1) is 6.26. The van der Waals surface area contributed by atoms with Crippen molar-refractivity contribution in [3.05, 3.63) is 0 Å². The van der Waals surface area contributed by atoms with Crippen molar-refractivity contribution >= 4 is 6.09 Å². The second kappa shape index (κ2) is 5.20. The zero-order valence-corrected chi connectivity index (χ0v) is 9.88. The van der Waals surface area contributed by atoms with Crippen LogP contribution in [0.1, 0.15) is 34.6 Å². The largest absolute Gasteiger partial charge is 0.453 e. The molecule has 1 amide bonds. The molecule has 0 unspecified atom stereocenters. The molecule has 0 aliphatic heterocycles. The van der Waals surface area contributed by atoms with E-state index in [1.807, 2.05) is 34.6 Å². The minimum Gasteiger partial charge on any atom is -0.453 e. The lowest BCUT2D eigenvalue weighted by Gasteiger charge is -2.29. The van der Waals surface area contributed by atoms with Crippen LogP contribution in [0.15, 0.2) is 0 Å². The van der Waals surface area contributed by atoms with E-state index in [0.29, 0.717) is 0 Å². The maximum Gasteiger partial charge on any atom is 0.407 e. The highest BCUT2D eigenvalue weighted by atomic mass is 16.5. The summed E-state index contributed by atoms with van der Waals surface area (Å²) in [4.78, 5) is 10.9. The molecule has 0 spiro atoms. The monoisotopic (exact) mass is 203 g/mol. The molecule has 4 nitrogen and oxygen atoms in total. The highest BCUT2D eigenvalue weighted by Gasteiger charge is 2.21. The predicted octanol–water partition coefficient (Wildman–Crippen LogP) is 1.93. The normalized spacial score (nSPS) is 15.9. The average molecular weight is 203 g/mol. The molecule has 0 aromatic carbocycles. The third-order valence-electron chi connectivity index (χ3n) is 1.77. The van der Waals surface area contributed by atoms with Gasteiger partial charge in [-0.15, -0.1) is 0 Å². The van der Waals surface area contributed by atoms with Crippen LogP contribution >= 0.6 is 0 Å². The second-order valence-corrected chi connectivity index (χ2v) is 4.36. The molecule has 0 saturated carbocycles. The summed E-state index contributed by atoms with van der Waals surface area (Å²) in [7, 11) is 1.34. The minimum absolute atomic E-state index is 0.0471. The number of alkyl carbamates (subject to hydrolysis) is 1. The highest BCUT2D eigenvalue weighted by Crippen LogP contribution is 2.12. The lowest BCUT2D eigenvalue weighted by Crippen LogP contribution is -2.43. The van der Waals surface area contributed by atoms with Crippen molar-refractivity contribution in [1.82, 2.24) is 5.32 Å². The first-order valence-corrected chi connectivity index (χ1v) is 4.78. The lowest BCUT2D eigenvalue weighted by atomic mass is 10.1. The SMILES string of the molecule is COC(=O)N[C@@H](C)[C@@H](C)OC(C)(C)C. The van der Waals surface area contributed by atoms with Gasteiger partial charge >= 0.3 is 6.09 Å². The topological polar surface area (TPSA) is 47.6 Å². The first-order valence-electron chi connectivity index (χ1n) is 4.78. The Bertz CT molecular complexity index is 186. The Morgan fingerprint density at radius 1 is 1.29 bits per heavy atom. The highest BCUT2D eigenvalue weighted by molar-refractivity contribution is 5.67. The van der Waals surface area contributed by atoms with Gasteiger partial charge in [-0.25, -0.2) is 4.79 Å². The average Bonchev–Trinajstić information content (AvgIpc) is 2.00. The van der Waals surface area contributed by atoms with Crippen molar-refractivity contribution in [3.8, 4) is 0 Å². The number of nitrogens with one attached hydrogen (secondary N) is 1. The molecule has 84 valence electrons. The Kier molecular flexibility index (Phi) is 4.91. The van der Waals surface area contributed by atoms with Crippen LogP contribution < -0.4 is 5.32 Å². The molecule has 0 rings (SSSR count). The van der Waals surface area contributed by atoms with E-state index < -0.39 is 6.09 Å². The number of ether oxygens (including phenoxy) is 2. The quantitative estimate of drug-likeness (QED) is 0.762. The molecule has 0 saturated heterocycles. The predicted molar refractivity (Wildman–Crippen MR) is 55.3 cm³/mol. The van der Waals surface area contributed by atoms with Gasteiger partial charge in [-0.2, -0.15) is 0 Å². The van der Waals surface area contributed by atoms with Crippen molar-refractivity contribution in [2.24, 2.45) is 0 Å². The molecule has 0 fully saturated rings. The van der Waals surface area contributed by atoms with E-state index >= 15 is 0 Å². The summed E-state index contributed by atoms with van der Waals surface area (Å²) < 4.78 is 10.2. The van der Waals surface area contributed by atoms with Crippen LogP contribution in [0.25, 0.3) is 0 Å². The van der Waals surface area contributed by atoms with Gasteiger partial charge in [-0.05, 0) is 34.6 Å². The Balaban J connectivity index is 3.99. The van der Waals surface area contributed by atoms with Gasteiger partial charge in [0.1, 0.15) is 0 Å².